The van der Waals surface area contributed by atoms with E-state index < -0.39 is 23.7 Å². The fraction of sp³-hybridized carbons (Fsp3) is 0.300. The third kappa shape index (κ3) is 5.45. The lowest BCUT2D eigenvalue weighted by Gasteiger charge is -2.22. The van der Waals surface area contributed by atoms with Crippen LogP contribution in [0, 0.1) is 11.7 Å². The van der Waals surface area contributed by atoms with Gasteiger partial charge < -0.3 is 20.1 Å². The molecular formula is C20H22BrFN2O4. The molecule has 8 heteroatoms. The van der Waals surface area contributed by atoms with E-state index >= 15 is 0 Å². The molecule has 1 atom stereocenters. The molecule has 2 rings (SSSR count). The van der Waals surface area contributed by atoms with Crippen molar-refractivity contribution in [3.8, 4) is 11.5 Å². The molecule has 0 fully saturated rings. The van der Waals surface area contributed by atoms with E-state index in [4.69, 9.17) is 9.47 Å². The fourth-order valence-corrected chi connectivity index (χ4v) is 2.95. The van der Waals surface area contributed by atoms with Gasteiger partial charge >= 0.3 is 0 Å². The smallest absolute Gasteiger partial charge is 0.252 e. The summed E-state index contributed by atoms with van der Waals surface area (Å²) in [6, 6.07) is 7.90. The Bertz CT molecular complexity index is 851. The van der Waals surface area contributed by atoms with E-state index in [9.17, 15) is 14.0 Å². The summed E-state index contributed by atoms with van der Waals surface area (Å²) in [6.07, 6.45) is 0. The van der Waals surface area contributed by atoms with Crippen LogP contribution in [0.25, 0.3) is 0 Å². The molecule has 150 valence electrons. The van der Waals surface area contributed by atoms with Crippen LogP contribution in [0.2, 0.25) is 0 Å². The Labute approximate surface area is 171 Å². The predicted octanol–water partition coefficient (Wildman–Crippen LogP) is 4.00. The summed E-state index contributed by atoms with van der Waals surface area (Å²) in [6.45, 7) is 3.63. The van der Waals surface area contributed by atoms with Crippen molar-refractivity contribution in [2.75, 3.05) is 19.5 Å². The van der Waals surface area contributed by atoms with Gasteiger partial charge in [-0.25, -0.2) is 4.39 Å². The van der Waals surface area contributed by atoms with Crippen molar-refractivity contribution in [2.24, 2.45) is 5.92 Å². The Kier molecular flexibility index (Phi) is 7.39. The van der Waals surface area contributed by atoms with Gasteiger partial charge in [0, 0.05) is 16.1 Å². The molecule has 2 N–H and O–H groups in total. The fourth-order valence-electron chi connectivity index (χ4n) is 2.50. The molecule has 0 saturated carbocycles. The van der Waals surface area contributed by atoms with Crippen LogP contribution in [-0.2, 0) is 4.79 Å². The maximum Gasteiger partial charge on any atom is 0.252 e. The van der Waals surface area contributed by atoms with E-state index in [2.05, 4.69) is 26.6 Å². The van der Waals surface area contributed by atoms with Crippen LogP contribution in [-0.4, -0.2) is 32.1 Å². The molecule has 0 aliphatic rings. The zero-order valence-corrected chi connectivity index (χ0v) is 17.6. The third-order valence-corrected chi connectivity index (χ3v) is 4.69. The molecule has 0 aromatic heterocycles. The van der Waals surface area contributed by atoms with Crippen molar-refractivity contribution in [2.45, 2.75) is 19.9 Å². The summed E-state index contributed by atoms with van der Waals surface area (Å²) in [5.74, 6) is -0.536. The van der Waals surface area contributed by atoms with Crippen molar-refractivity contribution in [3.05, 3.63) is 52.3 Å². The number of hydrogen-bond donors (Lipinski definition) is 2. The normalized spacial score (nSPS) is 11.7. The number of amides is 2. The van der Waals surface area contributed by atoms with Crippen LogP contribution in [0.4, 0.5) is 10.1 Å². The Morgan fingerprint density at radius 1 is 1.04 bits per heavy atom. The number of rotatable bonds is 7. The second-order valence-corrected chi connectivity index (χ2v) is 7.26. The van der Waals surface area contributed by atoms with Crippen molar-refractivity contribution < 1.29 is 23.5 Å². The predicted molar refractivity (Wildman–Crippen MR) is 108 cm³/mol. The van der Waals surface area contributed by atoms with Gasteiger partial charge in [0.2, 0.25) is 5.91 Å². The Morgan fingerprint density at radius 3 is 2.14 bits per heavy atom. The number of hydrogen-bond acceptors (Lipinski definition) is 4. The molecule has 6 nitrogen and oxygen atoms in total. The number of benzene rings is 2. The molecule has 0 aliphatic carbocycles. The van der Waals surface area contributed by atoms with Crippen molar-refractivity contribution in [1.29, 1.82) is 0 Å². The van der Waals surface area contributed by atoms with E-state index in [1.165, 1.54) is 32.4 Å². The quantitative estimate of drug-likeness (QED) is 0.665. The molecule has 2 aromatic carbocycles. The highest BCUT2D eigenvalue weighted by Crippen LogP contribution is 2.24. The van der Waals surface area contributed by atoms with Crippen LogP contribution in [0.5, 0.6) is 11.5 Å². The number of anilines is 1. The van der Waals surface area contributed by atoms with Crippen LogP contribution >= 0.6 is 15.9 Å². The minimum absolute atomic E-state index is 0.185. The van der Waals surface area contributed by atoms with Gasteiger partial charge in [-0.3, -0.25) is 9.59 Å². The summed E-state index contributed by atoms with van der Waals surface area (Å²) >= 11 is 3.21. The molecule has 0 spiro atoms. The van der Waals surface area contributed by atoms with Gasteiger partial charge in [0.25, 0.3) is 5.91 Å². The number of methoxy groups -OCH3 is 2. The second-order valence-electron chi connectivity index (χ2n) is 6.41. The number of carbonyl (C=O) groups excluding carboxylic acids is 2. The summed E-state index contributed by atoms with van der Waals surface area (Å²) in [5.41, 5.74) is 0.715. The topological polar surface area (TPSA) is 76.7 Å². The minimum Gasteiger partial charge on any atom is -0.497 e. The molecule has 0 radical (unpaired) electrons. The highest BCUT2D eigenvalue weighted by atomic mass is 79.9. The summed E-state index contributed by atoms with van der Waals surface area (Å²) < 4.78 is 24.0. The molecule has 2 aromatic rings. The van der Waals surface area contributed by atoms with Crippen LogP contribution in [0.3, 0.4) is 0 Å². The lowest BCUT2D eigenvalue weighted by Crippen LogP contribution is -2.47. The van der Waals surface area contributed by atoms with E-state index in [0.29, 0.717) is 27.2 Å². The highest BCUT2D eigenvalue weighted by Gasteiger charge is 2.25. The van der Waals surface area contributed by atoms with Crippen molar-refractivity contribution >= 4 is 33.4 Å². The maximum atomic E-state index is 13.2. The monoisotopic (exact) mass is 452 g/mol. The Balaban J connectivity index is 2.20. The maximum absolute atomic E-state index is 13.2. The molecule has 0 aliphatic heterocycles. The summed E-state index contributed by atoms with van der Waals surface area (Å²) in [4.78, 5) is 25.4. The highest BCUT2D eigenvalue weighted by molar-refractivity contribution is 9.10. The number of carbonyl (C=O) groups is 2. The number of ether oxygens (including phenoxy) is 2. The first-order chi connectivity index (χ1) is 13.2. The van der Waals surface area contributed by atoms with Crippen LogP contribution < -0.4 is 20.1 Å². The first-order valence-electron chi connectivity index (χ1n) is 8.55. The van der Waals surface area contributed by atoms with E-state index in [1.807, 2.05) is 13.8 Å². The summed E-state index contributed by atoms with van der Waals surface area (Å²) in [5, 5.41) is 5.44. The standard InChI is InChI=1S/C20H22BrFN2O4/c1-11(2)18(20(26)23-17-6-5-13(22)9-16(17)21)24-19(25)12-7-14(27-3)10-15(8-12)28-4/h5-11,18H,1-4H3,(H,23,26)(H,24,25). The summed E-state index contributed by atoms with van der Waals surface area (Å²) in [7, 11) is 2.97. The van der Waals surface area contributed by atoms with Crippen molar-refractivity contribution in [1.82, 2.24) is 5.32 Å². The lowest BCUT2D eigenvalue weighted by atomic mass is 10.0. The van der Waals surface area contributed by atoms with Crippen LogP contribution in [0.1, 0.15) is 24.2 Å². The van der Waals surface area contributed by atoms with Gasteiger partial charge in [-0.15, -0.1) is 0 Å². The zero-order chi connectivity index (χ0) is 20.8. The van der Waals surface area contributed by atoms with E-state index in [-0.39, 0.29) is 5.92 Å². The van der Waals surface area contributed by atoms with Crippen molar-refractivity contribution in [3.63, 3.8) is 0 Å². The lowest BCUT2D eigenvalue weighted by molar-refractivity contribution is -0.118. The van der Waals surface area contributed by atoms with Gasteiger partial charge in [0.05, 0.1) is 19.9 Å². The molecule has 0 heterocycles. The molecular weight excluding hydrogens is 431 g/mol. The average Bonchev–Trinajstić information content (AvgIpc) is 2.67. The molecule has 1 unspecified atom stereocenters. The largest absolute Gasteiger partial charge is 0.497 e. The van der Waals surface area contributed by atoms with Gasteiger partial charge in [0.1, 0.15) is 23.4 Å². The molecule has 0 saturated heterocycles. The first kappa shape index (κ1) is 21.7. The second kappa shape index (κ2) is 9.54. The van der Waals surface area contributed by atoms with E-state index in [1.54, 1.807) is 18.2 Å². The van der Waals surface area contributed by atoms with E-state index in [0.717, 1.165) is 0 Å². The average molecular weight is 453 g/mol. The molecule has 0 bridgehead atoms. The van der Waals surface area contributed by atoms with Gasteiger partial charge in [-0.05, 0) is 52.2 Å². The SMILES string of the molecule is COc1cc(OC)cc(C(=O)NC(C(=O)Nc2ccc(F)cc2Br)C(C)C)c1. The number of halogens is 2. The Hall–Kier alpha value is -2.61. The minimum atomic E-state index is -0.804. The number of nitrogens with one attached hydrogen (secondary N) is 2. The van der Waals surface area contributed by atoms with Gasteiger partial charge in [0.15, 0.2) is 0 Å². The van der Waals surface area contributed by atoms with Gasteiger partial charge in [-0.2, -0.15) is 0 Å². The zero-order valence-electron chi connectivity index (χ0n) is 16.0. The Morgan fingerprint density at radius 2 is 1.64 bits per heavy atom. The van der Waals surface area contributed by atoms with Crippen LogP contribution in [0.15, 0.2) is 40.9 Å². The molecule has 2 amide bonds. The first-order valence-corrected chi connectivity index (χ1v) is 9.34. The molecule has 28 heavy (non-hydrogen) atoms. The van der Waals surface area contributed by atoms with Gasteiger partial charge in [-0.1, -0.05) is 13.8 Å². The third-order valence-electron chi connectivity index (χ3n) is 4.04.